The van der Waals surface area contributed by atoms with E-state index >= 15 is 0 Å². The van der Waals surface area contributed by atoms with Crippen LogP contribution in [0.5, 0.6) is 0 Å². The lowest BCUT2D eigenvalue weighted by atomic mass is 10.1. The molecule has 0 atom stereocenters. The van der Waals surface area contributed by atoms with Gasteiger partial charge in [-0.3, -0.25) is 0 Å². The number of anilines is 1. The van der Waals surface area contributed by atoms with Crippen LogP contribution in [0.3, 0.4) is 0 Å². The van der Waals surface area contributed by atoms with Crippen LogP contribution in [0.2, 0.25) is 0 Å². The number of ether oxygens (including phenoxy) is 1. The van der Waals surface area contributed by atoms with Gasteiger partial charge in [-0.05, 0) is 29.3 Å². The predicted octanol–water partition coefficient (Wildman–Crippen LogP) is 2.09. The summed E-state index contributed by atoms with van der Waals surface area (Å²) in [5.41, 5.74) is 2.91. The molecule has 21 heavy (non-hydrogen) atoms. The lowest BCUT2D eigenvalue weighted by molar-refractivity contribution is 0.185. The van der Waals surface area contributed by atoms with Gasteiger partial charge in [-0.15, -0.1) is 0 Å². The van der Waals surface area contributed by atoms with Gasteiger partial charge >= 0.3 is 0 Å². The number of rotatable bonds is 6. The molecule has 0 saturated carbocycles. The number of benzene rings is 2. The van der Waals surface area contributed by atoms with Crippen LogP contribution in [0.4, 0.5) is 5.69 Å². The van der Waals surface area contributed by atoms with Crippen molar-refractivity contribution in [2.75, 3.05) is 12.4 Å². The number of nitrogens with one attached hydrogen (secondary N) is 1. The molecule has 0 fully saturated rings. The van der Waals surface area contributed by atoms with Crippen LogP contribution in [0.25, 0.3) is 0 Å². The Hall–Kier alpha value is -1.89. The van der Waals surface area contributed by atoms with Gasteiger partial charge in [0.05, 0.1) is 11.5 Å². The standard InChI is InChI=1S/C15H18N2O3S/c1-20-11-13-7-5-12(6-8-13)10-17-14-3-2-4-15(9-14)21(16,18)19/h2-9,17H,10-11H2,1H3,(H2,16,18,19). The van der Waals surface area contributed by atoms with Gasteiger partial charge in [0, 0.05) is 19.3 Å². The highest BCUT2D eigenvalue weighted by atomic mass is 32.2. The second kappa shape index (κ2) is 6.71. The fraction of sp³-hybridized carbons (Fsp3) is 0.200. The summed E-state index contributed by atoms with van der Waals surface area (Å²) in [5, 5.41) is 8.28. The van der Waals surface area contributed by atoms with Crippen LogP contribution in [0.15, 0.2) is 53.4 Å². The van der Waals surface area contributed by atoms with Gasteiger partial charge in [-0.25, -0.2) is 13.6 Å². The number of primary sulfonamides is 1. The SMILES string of the molecule is COCc1ccc(CNc2cccc(S(N)(=O)=O)c2)cc1. The summed E-state index contributed by atoms with van der Waals surface area (Å²) < 4.78 is 27.7. The summed E-state index contributed by atoms with van der Waals surface area (Å²) in [7, 11) is -2.01. The van der Waals surface area contributed by atoms with Crippen LogP contribution in [0.1, 0.15) is 11.1 Å². The van der Waals surface area contributed by atoms with Gasteiger partial charge in [0.2, 0.25) is 10.0 Å². The second-order valence-electron chi connectivity index (χ2n) is 4.68. The third-order valence-electron chi connectivity index (χ3n) is 2.99. The van der Waals surface area contributed by atoms with E-state index in [1.807, 2.05) is 24.3 Å². The van der Waals surface area contributed by atoms with E-state index in [2.05, 4.69) is 5.32 Å². The Kier molecular flexibility index (Phi) is 4.95. The molecule has 0 aliphatic rings. The van der Waals surface area contributed by atoms with Gasteiger partial charge in [-0.1, -0.05) is 30.3 Å². The molecule has 0 spiro atoms. The predicted molar refractivity (Wildman–Crippen MR) is 82.3 cm³/mol. The van der Waals surface area contributed by atoms with Crippen molar-refractivity contribution in [1.82, 2.24) is 0 Å². The normalized spacial score (nSPS) is 11.3. The average molecular weight is 306 g/mol. The minimum absolute atomic E-state index is 0.0999. The van der Waals surface area contributed by atoms with Crippen molar-refractivity contribution in [2.24, 2.45) is 5.14 Å². The van der Waals surface area contributed by atoms with Crippen molar-refractivity contribution in [1.29, 1.82) is 0 Å². The zero-order valence-corrected chi connectivity index (χ0v) is 12.6. The van der Waals surface area contributed by atoms with Crippen LogP contribution >= 0.6 is 0 Å². The van der Waals surface area contributed by atoms with Gasteiger partial charge in [-0.2, -0.15) is 0 Å². The molecule has 2 aromatic rings. The number of methoxy groups -OCH3 is 1. The average Bonchev–Trinajstić information content (AvgIpc) is 2.46. The topological polar surface area (TPSA) is 81.4 Å². The van der Waals surface area contributed by atoms with Crippen LogP contribution < -0.4 is 10.5 Å². The molecule has 0 saturated heterocycles. The second-order valence-corrected chi connectivity index (χ2v) is 6.24. The molecule has 0 aliphatic carbocycles. The number of sulfonamides is 1. The Morgan fingerprint density at radius 1 is 1.10 bits per heavy atom. The van der Waals surface area contributed by atoms with E-state index in [9.17, 15) is 8.42 Å². The molecule has 112 valence electrons. The van der Waals surface area contributed by atoms with Gasteiger partial charge in [0.15, 0.2) is 0 Å². The maximum atomic E-state index is 11.3. The molecule has 3 N–H and O–H groups in total. The fourth-order valence-electron chi connectivity index (χ4n) is 1.91. The minimum atomic E-state index is -3.67. The first kappa shape index (κ1) is 15.5. The quantitative estimate of drug-likeness (QED) is 0.856. The molecular weight excluding hydrogens is 288 g/mol. The van der Waals surface area contributed by atoms with Crippen molar-refractivity contribution in [3.63, 3.8) is 0 Å². The lowest BCUT2D eigenvalue weighted by Gasteiger charge is -2.08. The van der Waals surface area contributed by atoms with E-state index in [0.717, 1.165) is 11.1 Å². The zero-order chi connectivity index (χ0) is 15.3. The Bertz CT molecular complexity index is 697. The smallest absolute Gasteiger partial charge is 0.238 e. The zero-order valence-electron chi connectivity index (χ0n) is 11.7. The Morgan fingerprint density at radius 3 is 2.38 bits per heavy atom. The summed E-state index contributed by atoms with van der Waals surface area (Å²) in [4.78, 5) is 0.0999. The molecule has 2 rings (SSSR count). The van der Waals surface area contributed by atoms with Crippen LogP contribution in [-0.4, -0.2) is 15.5 Å². The Morgan fingerprint density at radius 2 is 1.76 bits per heavy atom. The molecule has 0 aliphatic heterocycles. The van der Waals surface area contributed by atoms with Crippen LogP contribution in [0, 0.1) is 0 Å². The molecule has 0 aromatic heterocycles. The molecule has 0 bridgehead atoms. The number of hydrogen-bond acceptors (Lipinski definition) is 4. The third-order valence-corrected chi connectivity index (χ3v) is 3.90. The summed E-state index contributed by atoms with van der Waals surface area (Å²) in [6.45, 7) is 1.19. The maximum Gasteiger partial charge on any atom is 0.238 e. The van der Waals surface area contributed by atoms with Crippen molar-refractivity contribution in [2.45, 2.75) is 18.0 Å². The molecule has 0 heterocycles. The third kappa shape index (κ3) is 4.56. The monoisotopic (exact) mass is 306 g/mol. The van der Waals surface area contributed by atoms with Gasteiger partial charge in [0.1, 0.15) is 0 Å². The largest absolute Gasteiger partial charge is 0.381 e. The molecule has 0 amide bonds. The molecular formula is C15H18N2O3S. The molecule has 0 unspecified atom stereocenters. The van der Waals surface area contributed by atoms with Gasteiger partial charge < -0.3 is 10.1 Å². The summed E-state index contributed by atoms with van der Waals surface area (Å²) in [6.07, 6.45) is 0. The Labute approximate surface area is 124 Å². The minimum Gasteiger partial charge on any atom is -0.381 e. The van der Waals surface area contributed by atoms with Crippen molar-refractivity contribution >= 4 is 15.7 Å². The molecule has 2 aromatic carbocycles. The van der Waals surface area contributed by atoms with E-state index in [-0.39, 0.29) is 4.90 Å². The highest BCUT2D eigenvalue weighted by Crippen LogP contribution is 2.15. The first-order chi connectivity index (χ1) is 9.99. The van der Waals surface area contributed by atoms with Crippen LogP contribution in [-0.2, 0) is 27.9 Å². The van der Waals surface area contributed by atoms with Gasteiger partial charge in [0.25, 0.3) is 0 Å². The van der Waals surface area contributed by atoms with Crippen molar-refractivity contribution in [3.8, 4) is 0 Å². The summed E-state index contributed by atoms with van der Waals surface area (Å²) in [6, 6.07) is 14.5. The van der Waals surface area contributed by atoms with E-state index in [0.29, 0.717) is 18.8 Å². The van der Waals surface area contributed by atoms with E-state index in [4.69, 9.17) is 9.88 Å². The van der Waals surface area contributed by atoms with E-state index < -0.39 is 10.0 Å². The molecule has 0 radical (unpaired) electrons. The highest BCUT2D eigenvalue weighted by Gasteiger charge is 2.07. The first-order valence-corrected chi connectivity index (χ1v) is 7.97. The highest BCUT2D eigenvalue weighted by molar-refractivity contribution is 7.89. The van der Waals surface area contributed by atoms with E-state index in [1.165, 1.54) is 12.1 Å². The summed E-state index contributed by atoms with van der Waals surface area (Å²) in [5.74, 6) is 0. The first-order valence-electron chi connectivity index (χ1n) is 6.42. The summed E-state index contributed by atoms with van der Waals surface area (Å²) >= 11 is 0. The van der Waals surface area contributed by atoms with Crippen molar-refractivity contribution < 1.29 is 13.2 Å². The lowest BCUT2D eigenvalue weighted by Crippen LogP contribution is -2.12. The van der Waals surface area contributed by atoms with E-state index in [1.54, 1.807) is 19.2 Å². The molecule has 5 nitrogen and oxygen atoms in total. The number of nitrogens with two attached hydrogens (primary N) is 1. The molecule has 6 heteroatoms. The number of hydrogen-bond donors (Lipinski definition) is 2. The fourth-order valence-corrected chi connectivity index (χ4v) is 2.47. The maximum absolute atomic E-state index is 11.3. The Balaban J connectivity index is 2.03. The van der Waals surface area contributed by atoms with Crippen molar-refractivity contribution in [3.05, 3.63) is 59.7 Å².